The summed E-state index contributed by atoms with van der Waals surface area (Å²) < 4.78 is 0. The van der Waals surface area contributed by atoms with E-state index in [1.54, 1.807) is 48.5 Å². The van der Waals surface area contributed by atoms with Gasteiger partial charge in [-0.15, -0.1) is 0 Å². The summed E-state index contributed by atoms with van der Waals surface area (Å²) in [4.78, 5) is 35.5. The van der Waals surface area contributed by atoms with Gasteiger partial charge in [0.2, 0.25) is 5.91 Å². The minimum atomic E-state index is -0.398. The van der Waals surface area contributed by atoms with Crippen LogP contribution in [0.5, 0.6) is 0 Å². The summed E-state index contributed by atoms with van der Waals surface area (Å²) in [6.45, 7) is 0. The number of anilines is 1. The number of hydrogen-bond donors (Lipinski definition) is 3. The molecule has 0 unspecified atom stereocenters. The van der Waals surface area contributed by atoms with Crippen molar-refractivity contribution in [2.24, 2.45) is 5.92 Å². The fraction of sp³-hybridized carbons (Fsp3) is 0.167. The van der Waals surface area contributed by atoms with E-state index in [1.165, 1.54) is 0 Å². The zero-order valence-electron chi connectivity index (χ0n) is 12.9. The van der Waals surface area contributed by atoms with E-state index in [1.807, 2.05) is 6.07 Å². The molecule has 2 aromatic carbocycles. The Morgan fingerprint density at radius 1 is 0.750 bits per heavy atom. The molecule has 1 aliphatic carbocycles. The summed E-state index contributed by atoms with van der Waals surface area (Å²) in [7, 11) is 0. The number of carbonyl (C=O) groups excluding carboxylic acids is 3. The van der Waals surface area contributed by atoms with Crippen LogP contribution in [-0.4, -0.2) is 17.7 Å². The zero-order chi connectivity index (χ0) is 16.9. The fourth-order valence-electron chi connectivity index (χ4n) is 2.14. The van der Waals surface area contributed by atoms with Crippen LogP contribution in [0.15, 0.2) is 54.6 Å². The van der Waals surface area contributed by atoms with Crippen LogP contribution < -0.4 is 16.2 Å². The van der Waals surface area contributed by atoms with Crippen molar-refractivity contribution >= 4 is 23.4 Å². The zero-order valence-corrected chi connectivity index (χ0v) is 12.9. The summed E-state index contributed by atoms with van der Waals surface area (Å²) >= 11 is 0. The molecule has 0 atom stereocenters. The molecular weight excluding hydrogens is 306 g/mol. The van der Waals surface area contributed by atoms with Crippen molar-refractivity contribution in [3.63, 3.8) is 0 Å². The molecule has 6 nitrogen and oxygen atoms in total. The molecule has 122 valence electrons. The molecule has 0 saturated heterocycles. The molecule has 0 aliphatic heterocycles. The van der Waals surface area contributed by atoms with Crippen LogP contribution in [0.4, 0.5) is 5.69 Å². The van der Waals surface area contributed by atoms with E-state index in [0.717, 1.165) is 12.8 Å². The van der Waals surface area contributed by atoms with Gasteiger partial charge in [0, 0.05) is 22.7 Å². The lowest BCUT2D eigenvalue weighted by Crippen LogP contribution is -2.42. The minimum absolute atomic E-state index is 0.0286. The fourth-order valence-corrected chi connectivity index (χ4v) is 2.14. The third kappa shape index (κ3) is 3.98. The quantitative estimate of drug-likeness (QED) is 0.753. The monoisotopic (exact) mass is 323 g/mol. The highest BCUT2D eigenvalue weighted by atomic mass is 16.2. The lowest BCUT2D eigenvalue weighted by Gasteiger charge is -2.08. The molecule has 1 saturated carbocycles. The van der Waals surface area contributed by atoms with E-state index < -0.39 is 5.91 Å². The number of nitrogens with one attached hydrogen (secondary N) is 3. The highest BCUT2D eigenvalue weighted by Crippen LogP contribution is 2.28. The lowest BCUT2D eigenvalue weighted by atomic mass is 10.1. The predicted octanol–water partition coefficient (Wildman–Crippen LogP) is 2.11. The Morgan fingerprint density at radius 2 is 1.38 bits per heavy atom. The van der Waals surface area contributed by atoms with Gasteiger partial charge in [0.25, 0.3) is 11.8 Å². The molecule has 0 heterocycles. The second kappa shape index (κ2) is 6.95. The topological polar surface area (TPSA) is 87.3 Å². The van der Waals surface area contributed by atoms with Gasteiger partial charge in [0.1, 0.15) is 0 Å². The van der Waals surface area contributed by atoms with Gasteiger partial charge in [-0.05, 0) is 49.2 Å². The highest BCUT2D eigenvalue weighted by Gasteiger charge is 2.29. The van der Waals surface area contributed by atoms with E-state index in [2.05, 4.69) is 16.2 Å². The number of hydrazine groups is 1. The van der Waals surface area contributed by atoms with Crippen LogP contribution >= 0.6 is 0 Å². The molecule has 0 aromatic heterocycles. The molecule has 3 amide bonds. The Hall–Kier alpha value is -3.15. The summed E-state index contributed by atoms with van der Waals surface area (Å²) in [5, 5.41) is 2.76. The maximum absolute atomic E-state index is 12.0. The molecule has 1 aliphatic rings. The van der Waals surface area contributed by atoms with Crippen molar-refractivity contribution in [3.05, 3.63) is 65.7 Å². The van der Waals surface area contributed by atoms with Crippen molar-refractivity contribution in [2.75, 3.05) is 5.32 Å². The Balaban J connectivity index is 1.55. The van der Waals surface area contributed by atoms with Crippen LogP contribution in [0, 0.1) is 5.92 Å². The predicted molar refractivity (Wildman–Crippen MR) is 89.2 cm³/mol. The summed E-state index contributed by atoms with van der Waals surface area (Å²) in [5.74, 6) is -0.745. The molecule has 24 heavy (non-hydrogen) atoms. The van der Waals surface area contributed by atoms with Gasteiger partial charge in [-0.2, -0.15) is 0 Å². The molecule has 6 heteroatoms. The first-order valence-corrected chi connectivity index (χ1v) is 7.70. The summed E-state index contributed by atoms with van der Waals surface area (Å²) in [6.07, 6.45) is 1.75. The summed E-state index contributed by atoms with van der Waals surface area (Å²) in [6, 6.07) is 15.3. The van der Waals surface area contributed by atoms with Gasteiger partial charge in [-0.1, -0.05) is 18.2 Å². The van der Waals surface area contributed by atoms with Crippen molar-refractivity contribution in [1.82, 2.24) is 10.9 Å². The Bertz CT molecular complexity index is 753. The first kappa shape index (κ1) is 15.7. The van der Waals surface area contributed by atoms with Gasteiger partial charge in [-0.25, -0.2) is 0 Å². The Morgan fingerprint density at radius 3 is 2.00 bits per heavy atom. The Kier molecular flexibility index (Phi) is 4.56. The molecule has 2 aromatic rings. The van der Waals surface area contributed by atoms with Gasteiger partial charge >= 0.3 is 0 Å². The van der Waals surface area contributed by atoms with E-state index >= 15 is 0 Å². The van der Waals surface area contributed by atoms with Crippen molar-refractivity contribution < 1.29 is 14.4 Å². The standard InChI is InChI=1S/C18H17N3O3/c22-16(12-4-2-1-3-5-12)19-15-10-8-14(9-11-15)18(24)21-20-17(23)13-6-7-13/h1-5,8-11,13H,6-7H2,(H,19,22)(H,20,23)(H,21,24). The average Bonchev–Trinajstić information content (AvgIpc) is 3.46. The molecule has 1 fully saturated rings. The Labute approximate surface area is 139 Å². The second-order valence-electron chi connectivity index (χ2n) is 5.62. The van der Waals surface area contributed by atoms with Gasteiger partial charge < -0.3 is 5.32 Å². The van der Waals surface area contributed by atoms with Gasteiger partial charge in [0.05, 0.1) is 0 Å². The third-order valence-electron chi connectivity index (χ3n) is 3.69. The average molecular weight is 323 g/mol. The van der Waals surface area contributed by atoms with Crippen molar-refractivity contribution in [1.29, 1.82) is 0 Å². The lowest BCUT2D eigenvalue weighted by molar-refractivity contribution is -0.123. The number of rotatable bonds is 4. The highest BCUT2D eigenvalue weighted by molar-refractivity contribution is 6.04. The maximum Gasteiger partial charge on any atom is 0.269 e. The third-order valence-corrected chi connectivity index (χ3v) is 3.69. The SMILES string of the molecule is O=C(NNC(=O)C1CC1)c1ccc(NC(=O)c2ccccc2)cc1. The first-order chi connectivity index (χ1) is 11.6. The van der Waals surface area contributed by atoms with Crippen LogP contribution in [0.1, 0.15) is 33.6 Å². The maximum atomic E-state index is 12.0. The van der Waals surface area contributed by atoms with E-state index in [4.69, 9.17) is 0 Å². The molecule has 0 bridgehead atoms. The number of carbonyl (C=O) groups is 3. The van der Waals surface area contributed by atoms with Crippen molar-refractivity contribution in [2.45, 2.75) is 12.8 Å². The van der Waals surface area contributed by atoms with E-state index in [9.17, 15) is 14.4 Å². The largest absolute Gasteiger partial charge is 0.322 e. The molecule has 3 rings (SSSR count). The van der Waals surface area contributed by atoms with Crippen molar-refractivity contribution in [3.8, 4) is 0 Å². The van der Waals surface area contributed by atoms with Crippen LogP contribution in [0.3, 0.4) is 0 Å². The molecular formula is C18H17N3O3. The van der Waals surface area contributed by atoms with Gasteiger partial charge in [-0.3, -0.25) is 25.2 Å². The molecule has 3 N–H and O–H groups in total. The van der Waals surface area contributed by atoms with Gasteiger partial charge in [0.15, 0.2) is 0 Å². The molecule has 0 radical (unpaired) electrons. The normalized spacial score (nSPS) is 13.0. The van der Waals surface area contributed by atoms with Crippen LogP contribution in [-0.2, 0) is 4.79 Å². The number of hydrogen-bond acceptors (Lipinski definition) is 3. The molecule has 0 spiro atoms. The summed E-state index contributed by atoms with van der Waals surface area (Å²) in [5.41, 5.74) is 6.32. The number of benzene rings is 2. The number of amides is 3. The van der Waals surface area contributed by atoms with E-state index in [0.29, 0.717) is 16.8 Å². The van der Waals surface area contributed by atoms with E-state index in [-0.39, 0.29) is 17.7 Å². The minimum Gasteiger partial charge on any atom is -0.322 e. The van der Waals surface area contributed by atoms with Crippen LogP contribution in [0.25, 0.3) is 0 Å². The first-order valence-electron chi connectivity index (χ1n) is 7.70. The second-order valence-corrected chi connectivity index (χ2v) is 5.62. The smallest absolute Gasteiger partial charge is 0.269 e. The van der Waals surface area contributed by atoms with Crippen LogP contribution in [0.2, 0.25) is 0 Å².